The van der Waals surface area contributed by atoms with Crippen LogP contribution in [0.3, 0.4) is 0 Å². The number of rotatable bonds is 5. The average molecular weight is 255 g/mol. The largest absolute Gasteiger partial charge is 0.391 e. The standard InChI is InChI=1S/C11H20F3NS/c1-16-8-2-7-15-10-5-3-9(4-6-10)11(12,13)14/h9-10,15H,2-8H2,1H3. The summed E-state index contributed by atoms with van der Waals surface area (Å²) >= 11 is 1.80. The zero-order chi connectivity index (χ0) is 12.0. The first-order valence-corrected chi connectivity index (χ1v) is 7.22. The Morgan fingerprint density at radius 3 is 2.31 bits per heavy atom. The van der Waals surface area contributed by atoms with Crippen LogP contribution in [0.5, 0.6) is 0 Å². The molecule has 1 nitrogen and oxygen atoms in total. The van der Waals surface area contributed by atoms with Crippen LogP contribution >= 0.6 is 11.8 Å². The van der Waals surface area contributed by atoms with Crippen molar-refractivity contribution in [3.63, 3.8) is 0 Å². The summed E-state index contributed by atoms with van der Waals surface area (Å²) in [5, 5.41) is 3.35. The molecule has 0 amide bonds. The Kier molecular flexibility index (Phi) is 5.97. The molecule has 1 saturated carbocycles. The molecule has 0 heterocycles. The summed E-state index contributed by atoms with van der Waals surface area (Å²) in [4.78, 5) is 0. The normalized spacial score (nSPS) is 27.0. The molecule has 16 heavy (non-hydrogen) atoms. The van der Waals surface area contributed by atoms with E-state index in [1.807, 2.05) is 0 Å². The molecule has 0 aromatic heterocycles. The molecule has 1 aliphatic carbocycles. The Morgan fingerprint density at radius 2 is 1.81 bits per heavy atom. The molecular weight excluding hydrogens is 235 g/mol. The lowest BCUT2D eigenvalue weighted by Gasteiger charge is -2.30. The van der Waals surface area contributed by atoms with Crippen molar-refractivity contribution in [1.29, 1.82) is 0 Å². The fourth-order valence-electron chi connectivity index (χ4n) is 2.15. The highest BCUT2D eigenvalue weighted by Gasteiger charge is 2.41. The highest BCUT2D eigenvalue weighted by atomic mass is 32.2. The third-order valence-electron chi connectivity index (χ3n) is 3.15. The minimum Gasteiger partial charge on any atom is -0.314 e. The van der Waals surface area contributed by atoms with Crippen molar-refractivity contribution in [2.75, 3.05) is 18.6 Å². The van der Waals surface area contributed by atoms with Gasteiger partial charge < -0.3 is 5.32 Å². The van der Waals surface area contributed by atoms with Gasteiger partial charge in [-0.3, -0.25) is 0 Å². The smallest absolute Gasteiger partial charge is 0.314 e. The Balaban J connectivity index is 2.12. The first-order valence-electron chi connectivity index (χ1n) is 5.83. The van der Waals surface area contributed by atoms with E-state index in [4.69, 9.17) is 0 Å². The van der Waals surface area contributed by atoms with E-state index >= 15 is 0 Å². The summed E-state index contributed by atoms with van der Waals surface area (Å²) in [6, 6.07) is 0.306. The molecule has 0 aromatic rings. The predicted octanol–water partition coefficient (Wildman–Crippen LogP) is 3.45. The molecule has 0 radical (unpaired) electrons. The SMILES string of the molecule is CSCCCNC1CCC(C(F)(F)F)CC1. The van der Waals surface area contributed by atoms with E-state index in [9.17, 15) is 13.2 Å². The van der Waals surface area contributed by atoms with Gasteiger partial charge in [-0.15, -0.1) is 0 Å². The molecule has 5 heteroatoms. The fourth-order valence-corrected chi connectivity index (χ4v) is 2.58. The maximum Gasteiger partial charge on any atom is 0.391 e. The lowest BCUT2D eigenvalue weighted by Crippen LogP contribution is -2.37. The van der Waals surface area contributed by atoms with Crippen LogP contribution in [0.1, 0.15) is 32.1 Å². The second-order valence-corrected chi connectivity index (χ2v) is 5.38. The minimum absolute atomic E-state index is 0.295. The quantitative estimate of drug-likeness (QED) is 0.755. The predicted molar refractivity (Wildman–Crippen MR) is 62.8 cm³/mol. The van der Waals surface area contributed by atoms with Gasteiger partial charge in [-0.05, 0) is 50.7 Å². The summed E-state index contributed by atoms with van der Waals surface area (Å²) in [6.45, 7) is 0.933. The van der Waals surface area contributed by atoms with Gasteiger partial charge in [-0.1, -0.05) is 0 Å². The van der Waals surface area contributed by atoms with Crippen molar-refractivity contribution in [1.82, 2.24) is 5.32 Å². The molecule has 0 aliphatic heterocycles. The molecule has 1 aliphatic rings. The van der Waals surface area contributed by atoms with Gasteiger partial charge in [-0.25, -0.2) is 0 Å². The zero-order valence-corrected chi connectivity index (χ0v) is 10.5. The second kappa shape index (κ2) is 6.74. The van der Waals surface area contributed by atoms with Crippen LogP contribution in [0.15, 0.2) is 0 Å². The third-order valence-corrected chi connectivity index (χ3v) is 3.85. The average Bonchev–Trinajstić information content (AvgIpc) is 2.24. The molecule has 1 rings (SSSR count). The Labute approximate surface area is 99.6 Å². The van der Waals surface area contributed by atoms with Crippen molar-refractivity contribution in [2.45, 2.75) is 44.3 Å². The molecule has 1 N–H and O–H groups in total. The Morgan fingerprint density at radius 1 is 1.19 bits per heavy atom. The van der Waals surface area contributed by atoms with Gasteiger partial charge >= 0.3 is 6.18 Å². The maximum atomic E-state index is 12.4. The van der Waals surface area contributed by atoms with Crippen LogP contribution in [0.4, 0.5) is 13.2 Å². The molecule has 1 fully saturated rings. The highest BCUT2D eigenvalue weighted by molar-refractivity contribution is 7.98. The molecule has 0 atom stereocenters. The van der Waals surface area contributed by atoms with E-state index in [0.717, 1.165) is 18.7 Å². The molecular formula is C11H20F3NS. The van der Waals surface area contributed by atoms with Crippen LogP contribution in [-0.4, -0.2) is 30.8 Å². The minimum atomic E-state index is -3.98. The summed E-state index contributed by atoms with van der Waals surface area (Å²) < 4.78 is 37.2. The summed E-state index contributed by atoms with van der Waals surface area (Å²) in [7, 11) is 0. The molecule has 0 aromatic carbocycles. The monoisotopic (exact) mass is 255 g/mol. The number of halogens is 3. The van der Waals surface area contributed by atoms with Crippen LogP contribution in [0.2, 0.25) is 0 Å². The van der Waals surface area contributed by atoms with E-state index in [0.29, 0.717) is 31.7 Å². The van der Waals surface area contributed by atoms with Crippen LogP contribution in [0.25, 0.3) is 0 Å². The summed E-state index contributed by atoms with van der Waals surface area (Å²) in [6.07, 6.45) is 1.11. The fraction of sp³-hybridized carbons (Fsp3) is 1.00. The van der Waals surface area contributed by atoms with Crippen LogP contribution in [0, 0.1) is 5.92 Å². The lowest BCUT2D eigenvalue weighted by atomic mass is 9.85. The molecule has 0 spiro atoms. The number of nitrogens with one attached hydrogen (secondary N) is 1. The van der Waals surface area contributed by atoms with Crippen molar-refractivity contribution < 1.29 is 13.2 Å². The lowest BCUT2D eigenvalue weighted by molar-refractivity contribution is -0.182. The van der Waals surface area contributed by atoms with E-state index < -0.39 is 12.1 Å². The van der Waals surface area contributed by atoms with Gasteiger partial charge in [0.15, 0.2) is 0 Å². The third kappa shape index (κ3) is 4.95. The van der Waals surface area contributed by atoms with E-state index in [1.54, 1.807) is 11.8 Å². The van der Waals surface area contributed by atoms with Gasteiger partial charge in [0.1, 0.15) is 0 Å². The number of hydrogen-bond acceptors (Lipinski definition) is 2. The molecule has 96 valence electrons. The van der Waals surface area contributed by atoms with Crippen molar-refractivity contribution in [3.05, 3.63) is 0 Å². The van der Waals surface area contributed by atoms with Gasteiger partial charge in [-0.2, -0.15) is 24.9 Å². The number of alkyl halides is 3. The van der Waals surface area contributed by atoms with Crippen LogP contribution < -0.4 is 5.32 Å². The molecule has 0 unspecified atom stereocenters. The molecule has 0 saturated heterocycles. The van der Waals surface area contributed by atoms with E-state index in [1.165, 1.54) is 0 Å². The van der Waals surface area contributed by atoms with Crippen molar-refractivity contribution in [2.24, 2.45) is 5.92 Å². The number of hydrogen-bond donors (Lipinski definition) is 1. The summed E-state index contributed by atoms with van der Waals surface area (Å²) in [5.74, 6) is 0.0574. The summed E-state index contributed by atoms with van der Waals surface area (Å²) in [5.41, 5.74) is 0. The van der Waals surface area contributed by atoms with Crippen molar-refractivity contribution >= 4 is 11.8 Å². The Bertz CT molecular complexity index is 188. The first-order chi connectivity index (χ1) is 7.54. The van der Waals surface area contributed by atoms with E-state index in [-0.39, 0.29) is 0 Å². The highest BCUT2D eigenvalue weighted by Crippen LogP contribution is 2.37. The van der Waals surface area contributed by atoms with Gasteiger partial charge in [0.2, 0.25) is 0 Å². The zero-order valence-electron chi connectivity index (χ0n) is 9.65. The number of thioether (sulfide) groups is 1. The second-order valence-electron chi connectivity index (χ2n) is 4.39. The van der Waals surface area contributed by atoms with Crippen LogP contribution in [-0.2, 0) is 0 Å². The maximum absolute atomic E-state index is 12.4. The van der Waals surface area contributed by atoms with Gasteiger partial charge in [0.05, 0.1) is 5.92 Å². The first kappa shape index (κ1) is 14.2. The molecule has 0 bridgehead atoms. The topological polar surface area (TPSA) is 12.0 Å². The van der Waals surface area contributed by atoms with Gasteiger partial charge in [0, 0.05) is 6.04 Å². The van der Waals surface area contributed by atoms with Gasteiger partial charge in [0.25, 0.3) is 0 Å². The van der Waals surface area contributed by atoms with Crippen molar-refractivity contribution in [3.8, 4) is 0 Å². The van der Waals surface area contributed by atoms with E-state index in [2.05, 4.69) is 11.6 Å². The Hall–Kier alpha value is 0.100.